The minimum atomic E-state index is -0.316. The van der Waals surface area contributed by atoms with Crippen LogP contribution in [-0.2, 0) is 0 Å². The predicted octanol–water partition coefficient (Wildman–Crippen LogP) is 4.13. The first-order valence-corrected chi connectivity index (χ1v) is 8.15. The van der Waals surface area contributed by atoms with Crippen molar-refractivity contribution in [2.75, 3.05) is 5.32 Å². The molecule has 1 aromatic carbocycles. The largest absolute Gasteiger partial charge is 0.346 e. The molecule has 1 heterocycles. The Bertz CT molecular complexity index is 738. The van der Waals surface area contributed by atoms with E-state index in [1.807, 2.05) is 52.8 Å². The van der Waals surface area contributed by atoms with Crippen molar-refractivity contribution in [2.24, 2.45) is 0 Å². The van der Waals surface area contributed by atoms with Crippen LogP contribution in [0.2, 0.25) is 0 Å². The van der Waals surface area contributed by atoms with Crippen LogP contribution in [0.5, 0.6) is 0 Å². The van der Waals surface area contributed by atoms with Crippen LogP contribution in [0, 0.1) is 13.8 Å². The molecule has 5 nitrogen and oxygen atoms in total. The van der Waals surface area contributed by atoms with Gasteiger partial charge in [-0.2, -0.15) is 0 Å². The summed E-state index contributed by atoms with van der Waals surface area (Å²) in [5, 5.41) is 6.06. The molecule has 6 heteroatoms. The van der Waals surface area contributed by atoms with E-state index in [-0.39, 0.29) is 11.4 Å². The van der Waals surface area contributed by atoms with Crippen molar-refractivity contribution >= 4 is 33.5 Å². The fraction of sp³-hybridized carbons (Fsp3) is 0.353. The molecule has 0 fully saturated rings. The van der Waals surface area contributed by atoms with E-state index in [0.717, 1.165) is 21.4 Å². The summed E-state index contributed by atoms with van der Waals surface area (Å²) in [7, 11) is 0. The van der Waals surface area contributed by atoms with Crippen LogP contribution < -0.4 is 10.6 Å². The van der Waals surface area contributed by atoms with Crippen molar-refractivity contribution in [3.63, 3.8) is 0 Å². The molecular weight excluding hydrogens is 356 g/mol. The average molecular weight is 377 g/mol. The lowest BCUT2D eigenvalue weighted by Crippen LogP contribution is -2.41. The number of hydrogen-bond acceptors (Lipinski definition) is 4. The van der Waals surface area contributed by atoms with Gasteiger partial charge in [0, 0.05) is 15.7 Å². The SMILES string of the molecule is Cc1ccc(Nc2nc(C)cc(C(=O)NC(C)(C)C)n2)c(Br)c1. The molecule has 0 aliphatic rings. The number of aryl methyl sites for hydroxylation is 2. The van der Waals surface area contributed by atoms with Gasteiger partial charge in [0.05, 0.1) is 5.69 Å². The Balaban J connectivity index is 2.28. The molecule has 0 saturated heterocycles. The minimum absolute atomic E-state index is 0.214. The summed E-state index contributed by atoms with van der Waals surface area (Å²) in [5.41, 5.74) is 2.76. The summed E-state index contributed by atoms with van der Waals surface area (Å²) in [6.45, 7) is 9.65. The molecule has 0 radical (unpaired) electrons. The number of hydrogen-bond donors (Lipinski definition) is 2. The molecule has 2 N–H and O–H groups in total. The van der Waals surface area contributed by atoms with E-state index in [1.165, 1.54) is 0 Å². The summed E-state index contributed by atoms with van der Waals surface area (Å²) in [4.78, 5) is 21.0. The Hall–Kier alpha value is -1.95. The number of aromatic nitrogens is 2. The van der Waals surface area contributed by atoms with Gasteiger partial charge in [0.2, 0.25) is 5.95 Å². The molecule has 0 saturated carbocycles. The third kappa shape index (κ3) is 5.03. The van der Waals surface area contributed by atoms with E-state index < -0.39 is 0 Å². The lowest BCUT2D eigenvalue weighted by molar-refractivity contribution is 0.0914. The standard InChI is InChI=1S/C17H21BrN4O/c1-10-6-7-13(12(18)8-10)20-16-19-11(2)9-14(21-16)15(23)22-17(3,4)5/h6-9H,1-5H3,(H,22,23)(H,19,20,21). The first-order valence-electron chi connectivity index (χ1n) is 7.35. The topological polar surface area (TPSA) is 66.9 Å². The molecule has 0 aliphatic carbocycles. The maximum Gasteiger partial charge on any atom is 0.270 e. The smallest absolute Gasteiger partial charge is 0.270 e. The maximum atomic E-state index is 12.3. The van der Waals surface area contributed by atoms with Gasteiger partial charge in [0.1, 0.15) is 5.69 Å². The number of amides is 1. The fourth-order valence-electron chi connectivity index (χ4n) is 1.99. The van der Waals surface area contributed by atoms with Gasteiger partial charge in [0.25, 0.3) is 5.91 Å². The summed E-state index contributed by atoms with van der Waals surface area (Å²) in [6, 6.07) is 7.62. The summed E-state index contributed by atoms with van der Waals surface area (Å²) in [5.74, 6) is 0.183. The van der Waals surface area contributed by atoms with E-state index in [1.54, 1.807) is 6.07 Å². The van der Waals surface area contributed by atoms with Gasteiger partial charge in [0.15, 0.2) is 0 Å². The Morgan fingerprint density at radius 3 is 2.43 bits per heavy atom. The number of carbonyl (C=O) groups is 1. The van der Waals surface area contributed by atoms with Gasteiger partial charge >= 0.3 is 0 Å². The maximum absolute atomic E-state index is 12.3. The van der Waals surface area contributed by atoms with Gasteiger partial charge in [-0.25, -0.2) is 9.97 Å². The molecule has 0 unspecified atom stereocenters. The number of anilines is 2. The minimum Gasteiger partial charge on any atom is -0.346 e. The first kappa shape index (κ1) is 17.4. The molecule has 2 aromatic rings. The van der Waals surface area contributed by atoms with Gasteiger partial charge < -0.3 is 10.6 Å². The first-order chi connectivity index (χ1) is 10.6. The Labute approximate surface area is 145 Å². The van der Waals surface area contributed by atoms with Crippen molar-refractivity contribution in [3.05, 3.63) is 45.7 Å². The number of rotatable bonds is 3. The van der Waals surface area contributed by atoms with Crippen LogP contribution in [-0.4, -0.2) is 21.4 Å². The lowest BCUT2D eigenvalue weighted by Gasteiger charge is -2.20. The number of halogens is 1. The fourth-order valence-corrected chi connectivity index (χ4v) is 2.58. The van der Waals surface area contributed by atoms with Crippen LogP contribution in [0.25, 0.3) is 0 Å². The zero-order valence-corrected chi connectivity index (χ0v) is 15.6. The third-order valence-corrected chi connectivity index (χ3v) is 3.60. The van der Waals surface area contributed by atoms with E-state index in [2.05, 4.69) is 36.5 Å². The summed E-state index contributed by atoms with van der Waals surface area (Å²) < 4.78 is 0.920. The number of nitrogens with zero attached hydrogens (tertiary/aromatic N) is 2. The van der Waals surface area contributed by atoms with Crippen LogP contribution in [0.15, 0.2) is 28.7 Å². The normalized spacial score (nSPS) is 11.2. The van der Waals surface area contributed by atoms with E-state index in [0.29, 0.717) is 11.6 Å². The molecule has 1 aromatic heterocycles. The zero-order chi connectivity index (χ0) is 17.2. The second-order valence-corrected chi connectivity index (χ2v) is 7.38. The molecule has 122 valence electrons. The molecule has 0 bridgehead atoms. The Morgan fingerprint density at radius 1 is 1.13 bits per heavy atom. The second kappa shape index (κ2) is 6.66. The lowest BCUT2D eigenvalue weighted by atomic mass is 10.1. The molecular formula is C17H21BrN4O. The Kier molecular flexibility index (Phi) is 5.04. The molecule has 0 atom stereocenters. The van der Waals surface area contributed by atoms with Crippen molar-refractivity contribution in [1.82, 2.24) is 15.3 Å². The van der Waals surface area contributed by atoms with Crippen molar-refractivity contribution < 1.29 is 4.79 Å². The van der Waals surface area contributed by atoms with Crippen molar-refractivity contribution in [1.29, 1.82) is 0 Å². The van der Waals surface area contributed by atoms with Crippen LogP contribution in [0.1, 0.15) is 42.5 Å². The zero-order valence-electron chi connectivity index (χ0n) is 14.0. The molecule has 23 heavy (non-hydrogen) atoms. The summed E-state index contributed by atoms with van der Waals surface area (Å²) in [6.07, 6.45) is 0. The highest BCUT2D eigenvalue weighted by molar-refractivity contribution is 9.10. The summed E-state index contributed by atoms with van der Waals surface area (Å²) >= 11 is 3.51. The molecule has 0 spiro atoms. The van der Waals surface area contributed by atoms with Crippen LogP contribution in [0.4, 0.5) is 11.6 Å². The van der Waals surface area contributed by atoms with Crippen LogP contribution >= 0.6 is 15.9 Å². The van der Waals surface area contributed by atoms with Crippen molar-refractivity contribution in [2.45, 2.75) is 40.2 Å². The quantitative estimate of drug-likeness (QED) is 0.844. The third-order valence-electron chi connectivity index (χ3n) is 2.95. The molecule has 0 aliphatic heterocycles. The van der Waals surface area contributed by atoms with Crippen molar-refractivity contribution in [3.8, 4) is 0 Å². The monoisotopic (exact) mass is 376 g/mol. The number of carbonyl (C=O) groups excluding carboxylic acids is 1. The Morgan fingerprint density at radius 2 is 1.83 bits per heavy atom. The second-order valence-electron chi connectivity index (χ2n) is 6.53. The molecule has 1 amide bonds. The van der Waals surface area contributed by atoms with Gasteiger partial charge in [-0.1, -0.05) is 6.07 Å². The highest BCUT2D eigenvalue weighted by Crippen LogP contribution is 2.25. The van der Waals surface area contributed by atoms with Gasteiger partial charge in [-0.3, -0.25) is 4.79 Å². The van der Waals surface area contributed by atoms with E-state index >= 15 is 0 Å². The van der Waals surface area contributed by atoms with E-state index in [9.17, 15) is 4.79 Å². The highest BCUT2D eigenvalue weighted by atomic mass is 79.9. The number of nitrogens with one attached hydrogen (secondary N) is 2. The van der Waals surface area contributed by atoms with E-state index in [4.69, 9.17) is 0 Å². The highest BCUT2D eigenvalue weighted by Gasteiger charge is 2.17. The van der Waals surface area contributed by atoms with Gasteiger partial charge in [-0.15, -0.1) is 0 Å². The predicted molar refractivity (Wildman–Crippen MR) is 96.1 cm³/mol. The number of benzene rings is 1. The molecule has 2 rings (SSSR count). The van der Waals surface area contributed by atoms with Gasteiger partial charge in [-0.05, 0) is 74.3 Å². The average Bonchev–Trinajstić information content (AvgIpc) is 2.39. The van der Waals surface area contributed by atoms with Crippen LogP contribution in [0.3, 0.4) is 0 Å².